The highest BCUT2D eigenvalue weighted by Crippen LogP contribution is 2.33. The molecular weight excluding hydrogens is 428 g/mol. The van der Waals surface area contributed by atoms with Crippen molar-refractivity contribution >= 4 is 34.0 Å². The van der Waals surface area contributed by atoms with E-state index in [0.717, 1.165) is 42.3 Å². The molecule has 7 nitrogen and oxygen atoms in total. The highest BCUT2D eigenvalue weighted by Gasteiger charge is 2.27. The number of oxazole rings is 1. The van der Waals surface area contributed by atoms with Gasteiger partial charge in [-0.15, -0.1) is 0 Å². The number of nitrogens with zero attached hydrogens (tertiary/aromatic N) is 1. The summed E-state index contributed by atoms with van der Waals surface area (Å²) in [5, 5.41) is 11.2. The van der Waals surface area contributed by atoms with Crippen molar-refractivity contribution in [3.63, 3.8) is 0 Å². The van der Waals surface area contributed by atoms with Crippen molar-refractivity contribution in [2.24, 2.45) is 0 Å². The number of benzene rings is 3. The van der Waals surface area contributed by atoms with Crippen LogP contribution in [0.15, 0.2) is 71.1 Å². The van der Waals surface area contributed by atoms with Crippen LogP contribution in [0.5, 0.6) is 0 Å². The second-order valence-corrected chi connectivity index (χ2v) is 8.53. The Morgan fingerprint density at radius 2 is 1.62 bits per heavy atom. The third-order valence-corrected chi connectivity index (χ3v) is 6.02. The first kappa shape index (κ1) is 21.9. The maximum Gasteiger partial charge on any atom is 0.278 e. The van der Waals surface area contributed by atoms with Crippen LogP contribution in [0.2, 0.25) is 0 Å². The van der Waals surface area contributed by atoms with E-state index in [9.17, 15) is 9.59 Å². The van der Waals surface area contributed by atoms with Crippen molar-refractivity contribution in [1.29, 1.82) is 0 Å². The van der Waals surface area contributed by atoms with Crippen molar-refractivity contribution in [3.8, 4) is 11.3 Å². The molecule has 1 saturated heterocycles. The molecule has 1 aromatic heterocycles. The van der Waals surface area contributed by atoms with Gasteiger partial charge in [0, 0.05) is 29.8 Å². The maximum absolute atomic E-state index is 13.3. The predicted molar refractivity (Wildman–Crippen MR) is 133 cm³/mol. The summed E-state index contributed by atoms with van der Waals surface area (Å²) in [4.78, 5) is 29.4. The van der Waals surface area contributed by atoms with Crippen LogP contribution in [-0.2, 0) is 4.79 Å². The van der Waals surface area contributed by atoms with E-state index in [1.807, 2.05) is 54.6 Å². The normalized spacial score (nSPS) is 14.1. The number of piperidine rings is 1. The number of carbonyl (C=O) groups is 2. The number of rotatable bonds is 5. The molecule has 0 unspecified atom stereocenters. The van der Waals surface area contributed by atoms with Gasteiger partial charge in [-0.2, -0.15) is 0 Å². The standard InChI is InChI=1S/C27H26N4O3/c1-17(32)29-22-9-7-19(8-10-22)25-24(31-27(34-25)20-12-14-28-15-13-20)26(33)30-23-11-6-18-4-2-3-5-21(18)16-23/h2-11,16,20,28H,12-15H2,1H3,(H,29,32)(H,30,33). The summed E-state index contributed by atoms with van der Waals surface area (Å²) in [6.45, 7) is 3.25. The molecule has 2 amide bonds. The second-order valence-electron chi connectivity index (χ2n) is 8.53. The van der Waals surface area contributed by atoms with Crippen LogP contribution in [0.4, 0.5) is 11.4 Å². The van der Waals surface area contributed by atoms with Crippen molar-refractivity contribution in [1.82, 2.24) is 10.3 Å². The summed E-state index contributed by atoms with van der Waals surface area (Å²) in [5.74, 6) is 0.726. The average Bonchev–Trinajstić information content (AvgIpc) is 3.30. The highest BCUT2D eigenvalue weighted by molar-refractivity contribution is 6.07. The molecule has 1 aliphatic heterocycles. The molecule has 0 aliphatic carbocycles. The minimum absolute atomic E-state index is 0.143. The highest BCUT2D eigenvalue weighted by atomic mass is 16.4. The maximum atomic E-state index is 13.3. The molecule has 172 valence electrons. The lowest BCUT2D eigenvalue weighted by Crippen LogP contribution is -2.26. The lowest BCUT2D eigenvalue weighted by molar-refractivity contribution is -0.114. The van der Waals surface area contributed by atoms with E-state index in [-0.39, 0.29) is 23.4 Å². The number of fused-ring (bicyclic) bond motifs is 1. The number of carbonyl (C=O) groups excluding carboxylic acids is 2. The van der Waals surface area contributed by atoms with Gasteiger partial charge in [-0.3, -0.25) is 9.59 Å². The summed E-state index contributed by atoms with van der Waals surface area (Å²) in [7, 11) is 0. The Kier molecular flexibility index (Phi) is 6.10. The molecule has 0 radical (unpaired) electrons. The largest absolute Gasteiger partial charge is 0.440 e. The molecule has 7 heteroatoms. The van der Waals surface area contributed by atoms with Crippen LogP contribution >= 0.6 is 0 Å². The van der Waals surface area contributed by atoms with Gasteiger partial charge in [-0.05, 0) is 73.1 Å². The van der Waals surface area contributed by atoms with Crippen molar-refractivity contribution in [2.75, 3.05) is 23.7 Å². The fourth-order valence-electron chi connectivity index (χ4n) is 4.30. The van der Waals surface area contributed by atoms with Crippen molar-refractivity contribution in [2.45, 2.75) is 25.7 Å². The Morgan fingerprint density at radius 1 is 0.912 bits per heavy atom. The first-order valence-electron chi connectivity index (χ1n) is 11.5. The predicted octanol–water partition coefficient (Wildman–Crippen LogP) is 5.17. The van der Waals surface area contributed by atoms with Gasteiger partial charge >= 0.3 is 0 Å². The van der Waals surface area contributed by atoms with Crippen LogP contribution in [0.25, 0.3) is 22.1 Å². The van der Waals surface area contributed by atoms with Gasteiger partial charge in [0.2, 0.25) is 5.91 Å². The van der Waals surface area contributed by atoms with Crippen molar-refractivity contribution < 1.29 is 14.0 Å². The zero-order valence-corrected chi connectivity index (χ0v) is 18.9. The Balaban J connectivity index is 1.47. The van der Waals surface area contributed by atoms with Crippen LogP contribution < -0.4 is 16.0 Å². The molecule has 0 spiro atoms. The van der Waals surface area contributed by atoms with E-state index in [1.54, 1.807) is 12.1 Å². The van der Waals surface area contributed by atoms with Gasteiger partial charge in [0.1, 0.15) is 0 Å². The summed E-state index contributed by atoms with van der Waals surface area (Å²) in [6, 6.07) is 21.0. The number of nitrogens with one attached hydrogen (secondary N) is 3. The zero-order chi connectivity index (χ0) is 23.5. The Labute approximate surface area is 197 Å². The van der Waals surface area contributed by atoms with Crippen LogP contribution in [0.1, 0.15) is 42.1 Å². The number of hydrogen-bond acceptors (Lipinski definition) is 5. The van der Waals surface area contributed by atoms with Crippen LogP contribution in [0, 0.1) is 0 Å². The van der Waals surface area contributed by atoms with Gasteiger partial charge in [0.15, 0.2) is 17.3 Å². The molecular formula is C27H26N4O3. The molecule has 0 saturated carbocycles. The fourth-order valence-corrected chi connectivity index (χ4v) is 4.30. The first-order valence-corrected chi connectivity index (χ1v) is 11.5. The summed E-state index contributed by atoms with van der Waals surface area (Å²) >= 11 is 0. The molecule has 1 aliphatic rings. The average molecular weight is 455 g/mol. The van der Waals surface area contributed by atoms with Crippen molar-refractivity contribution in [3.05, 3.63) is 78.3 Å². The molecule has 0 bridgehead atoms. The molecule has 34 heavy (non-hydrogen) atoms. The third-order valence-electron chi connectivity index (χ3n) is 6.02. The van der Waals surface area contributed by atoms with Gasteiger partial charge < -0.3 is 20.4 Å². The second kappa shape index (κ2) is 9.49. The topological polar surface area (TPSA) is 96.3 Å². The summed E-state index contributed by atoms with van der Waals surface area (Å²) < 4.78 is 6.20. The van der Waals surface area contributed by atoms with Gasteiger partial charge in [0.05, 0.1) is 0 Å². The van der Waals surface area contributed by atoms with Crippen LogP contribution in [0.3, 0.4) is 0 Å². The zero-order valence-electron chi connectivity index (χ0n) is 18.9. The number of aromatic nitrogens is 1. The molecule has 5 rings (SSSR count). The Hall–Kier alpha value is -3.97. The molecule has 3 N–H and O–H groups in total. The number of hydrogen-bond donors (Lipinski definition) is 3. The SMILES string of the molecule is CC(=O)Nc1ccc(-c2oc(C3CCNCC3)nc2C(=O)Nc2ccc3ccccc3c2)cc1. The molecule has 0 atom stereocenters. The van der Waals surface area contributed by atoms with E-state index < -0.39 is 0 Å². The monoisotopic (exact) mass is 454 g/mol. The lowest BCUT2D eigenvalue weighted by atomic mass is 9.98. The fraction of sp³-hybridized carbons (Fsp3) is 0.222. The van der Waals surface area contributed by atoms with Crippen LogP contribution in [-0.4, -0.2) is 29.9 Å². The molecule has 3 aromatic carbocycles. The quantitative estimate of drug-likeness (QED) is 0.386. The minimum Gasteiger partial charge on any atom is -0.440 e. The van der Waals surface area contributed by atoms with Gasteiger partial charge in [0.25, 0.3) is 5.91 Å². The summed E-state index contributed by atoms with van der Waals surface area (Å²) in [6.07, 6.45) is 1.82. The van der Waals surface area contributed by atoms with E-state index in [4.69, 9.17) is 4.42 Å². The minimum atomic E-state index is -0.319. The summed E-state index contributed by atoms with van der Waals surface area (Å²) in [5.41, 5.74) is 2.36. The smallest absolute Gasteiger partial charge is 0.278 e. The molecule has 4 aromatic rings. The third kappa shape index (κ3) is 4.70. The number of amides is 2. The molecule has 2 heterocycles. The van der Waals surface area contributed by atoms with Gasteiger partial charge in [-0.1, -0.05) is 30.3 Å². The van der Waals surface area contributed by atoms with E-state index in [1.165, 1.54) is 6.92 Å². The lowest BCUT2D eigenvalue weighted by Gasteiger charge is -2.19. The van der Waals surface area contributed by atoms with Gasteiger partial charge in [-0.25, -0.2) is 4.98 Å². The number of anilines is 2. The Bertz CT molecular complexity index is 1340. The van der Waals surface area contributed by atoms with E-state index in [2.05, 4.69) is 20.9 Å². The molecule has 1 fully saturated rings. The van der Waals surface area contributed by atoms with E-state index >= 15 is 0 Å². The first-order chi connectivity index (χ1) is 16.6. The Morgan fingerprint density at radius 3 is 2.35 bits per heavy atom. The van der Waals surface area contributed by atoms with E-state index in [0.29, 0.717) is 23.0 Å².